The number of likely N-dealkylation sites (tertiary alicyclic amines) is 1. The average molecular weight is 321 g/mol. The van der Waals surface area contributed by atoms with Crippen LogP contribution in [0.4, 0.5) is 22.0 Å². The van der Waals surface area contributed by atoms with Crippen LogP contribution in [0.2, 0.25) is 0 Å². The number of alkyl halides is 3. The fourth-order valence-corrected chi connectivity index (χ4v) is 2.78. The second-order valence-electron chi connectivity index (χ2n) is 5.65. The van der Waals surface area contributed by atoms with E-state index in [2.05, 4.69) is 0 Å². The minimum absolute atomic E-state index is 0.0223. The molecule has 2 rings (SSSR count). The first-order valence-electron chi connectivity index (χ1n) is 6.98. The lowest BCUT2D eigenvalue weighted by molar-refractivity contribution is -0.163. The van der Waals surface area contributed by atoms with Gasteiger partial charge in [0.15, 0.2) is 11.6 Å². The van der Waals surface area contributed by atoms with E-state index in [0.29, 0.717) is 17.7 Å². The number of nitrogens with zero attached hydrogens (tertiary/aromatic N) is 1. The van der Waals surface area contributed by atoms with Gasteiger partial charge in [-0.05, 0) is 24.5 Å². The topological polar surface area (TPSA) is 20.3 Å². The zero-order chi connectivity index (χ0) is 16.5. The fraction of sp³-hybridized carbons (Fsp3) is 0.533. The molecule has 1 aromatic rings. The molecule has 122 valence electrons. The van der Waals surface area contributed by atoms with E-state index in [9.17, 15) is 26.7 Å². The molecule has 1 fully saturated rings. The van der Waals surface area contributed by atoms with Crippen LogP contribution in [0, 0.1) is 17.6 Å². The van der Waals surface area contributed by atoms with Crippen molar-refractivity contribution >= 4 is 5.91 Å². The summed E-state index contributed by atoms with van der Waals surface area (Å²) < 4.78 is 65.1. The molecule has 0 aliphatic carbocycles. The highest BCUT2D eigenvalue weighted by atomic mass is 19.4. The van der Waals surface area contributed by atoms with Gasteiger partial charge >= 0.3 is 6.18 Å². The SMILES string of the molecule is CC1CCC(c2cccc(F)c2F)CN(CC(F)(F)F)C1=O. The molecule has 1 aliphatic rings. The zero-order valence-electron chi connectivity index (χ0n) is 12.0. The molecule has 0 saturated carbocycles. The van der Waals surface area contributed by atoms with E-state index < -0.39 is 42.1 Å². The lowest BCUT2D eigenvalue weighted by atomic mass is 9.92. The highest BCUT2D eigenvalue weighted by molar-refractivity contribution is 5.79. The van der Waals surface area contributed by atoms with E-state index >= 15 is 0 Å². The summed E-state index contributed by atoms with van der Waals surface area (Å²) in [7, 11) is 0. The molecule has 0 spiro atoms. The van der Waals surface area contributed by atoms with E-state index in [1.807, 2.05) is 0 Å². The van der Waals surface area contributed by atoms with Gasteiger partial charge in [0.2, 0.25) is 5.91 Å². The fourth-order valence-electron chi connectivity index (χ4n) is 2.78. The Morgan fingerprint density at radius 2 is 1.91 bits per heavy atom. The van der Waals surface area contributed by atoms with E-state index in [0.717, 1.165) is 6.07 Å². The standard InChI is InChI=1S/C15H16F5NO/c1-9-5-6-10(11-3-2-4-12(16)13(11)17)7-21(14(9)22)8-15(18,19)20/h2-4,9-10H,5-8H2,1H3. The predicted octanol–water partition coefficient (Wildman–Crippen LogP) is 3.87. The van der Waals surface area contributed by atoms with E-state index in [4.69, 9.17) is 0 Å². The molecule has 0 N–H and O–H groups in total. The third-order valence-corrected chi connectivity index (χ3v) is 3.91. The maximum absolute atomic E-state index is 13.9. The summed E-state index contributed by atoms with van der Waals surface area (Å²) in [5.74, 6) is -3.91. The Balaban J connectivity index is 2.29. The number of carbonyl (C=O) groups is 1. The van der Waals surface area contributed by atoms with Gasteiger partial charge < -0.3 is 4.90 Å². The third-order valence-electron chi connectivity index (χ3n) is 3.91. The summed E-state index contributed by atoms with van der Waals surface area (Å²) in [6, 6.07) is 3.63. The number of carbonyl (C=O) groups excluding carboxylic acids is 1. The molecule has 0 aromatic heterocycles. The van der Waals surface area contributed by atoms with E-state index in [1.54, 1.807) is 6.92 Å². The molecule has 1 aromatic carbocycles. The molecule has 0 bridgehead atoms. The first-order chi connectivity index (χ1) is 10.2. The third kappa shape index (κ3) is 3.75. The maximum atomic E-state index is 13.9. The van der Waals surface area contributed by atoms with Gasteiger partial charge in [-0.2, -0.15) is 13.2 Å². The summed E-state index contributed by atoms with van der Waals surface area (Å²) in [6.45, 7) is -0.0807. The Labute approximate surface area is 124 Å². The van der Waals surface area contributed by atoms with Crippen molar-refractivity contribution in [3.05, 3.63) is 35.4 Å². The molecule has 2 unspecified atom stereocenters. The summed E-state index contributed by atoms with van der Waals surface area (Å²) in [5, 5.41) is 0. The summed E-state index contributed by atoms with van der Waals surface area (Å²) in [5.41, 5.74) is 0.0223. The second-order valence-corrected chi connectivity index (χ2v) is 5.65. The van der Waals surface area contributed by atoms with Gasteiger partial charge in [-0.15, -0.1) is 0 Å². The zero-order valence-corrected chi connectivity index (χ0v) is 12.0. The van der Waals surface area contributed by atoms with Crippen LogP contribution in [-0.4, -0.2) is 30.1 Å². The molecule has 1 amide bonds. The van der Waals surface area contributed by atoms with Crippen LogP contribution in [0.3, 0.4) is 0 Å². The lowest BCUT2D eigenvalue weighted by Gasteiger charge is -2.27. The molecule has 2 atom stereocenters. The van der Waals surface area contributed by atoms with Gasteiger partial charge in [0.25, 0.3) is 0 Å². The molecule has 0 radical (unpaired) electrons. The Hall–Kier alpha value is -1.66. The van der Waals surface area contributed by atoms with Gasteiger partial charge in [0.05, 0.1) is 0 Å². The highest BCUT2D eigenvalue weighted by Crippen LogP contribution is 2.32. The van der Waals surface area contributed by atoms with Crippen LogP contribution in [0.1, 0.15) is 31.2 Å². The monoisotopic (exact) mass is 321 g/mol. The molecule has 7 heteroatoms. The van der Waals surface area contributed by atoms with Gasteiger partial charge in [-0.1, -0.05) is 19.1 Å². The molecule has 1 heterocycles. The number of hydrogen-bond acceptors (Lipinski definition) is 1. The number of benzene rings is 1. The first kappa shape index (κ1) is 16.7. The van der Waals surface area contributed by atoms with Crippen LogP contribution >= 0.6 is 0 Å². The predicted molar refractivity (Wildman–Crippen MR) is 70.1 cm³/mol. The Bertz CT molecular complexity index is 557. The molecule has 1 aliphatic heterocycles. The normalized spacial score (nSPS) is 23.5. The quantitative estimate of drug-likeness (QED) is 0.757. The molecule has 22 heavy (non-hydrogen) atoms. The van der Waals surface area contributed by atoms with Crippen molar-refractivity contribution in [2.45, 2.75) is 31.9 Å². The number of amides is 1. The van der Waals surface area contributed by atoms with Crippen molar-refractivity contribution in [3.63, 3.8) is 0 Å². The Morgan fingerprint density at radius 3 is 2.55 bits per heavy atom. The van der Waals surface area contributed by atoms with E-state index in [1.165, 1.54) is 12.1 Å². The smallest absolute Gasteiger partial charge is 0.333 e. The van der Waals surface area contributed by atoms with Gasteiger partial charge in [0.1, 0.15) is 6.54 Å². The molecular formula is C15H16F5NO. The van der Waals surface area contributed by atoms with Crippen LogP contribution in [0.15, 0.2) is 18.2 Å². The van der Waals surface area contributed by atoms with Crippen molar-refractivity contribution in [1.82, 2.24) is 4.90 Å². The van der Waals surface area contributed by atoms with Crippen molar-refractivity contribution in [2.24, 2.45) is 5.92 Å². The minimum atomic E-state index is -4.52. The van der Waals surface area contributed by atoms with Crippen molar-refractivity contribution < 1.29 is 26.7 Å². The van der Waals surface area contributed by atoms with Crippen LogP contribution in [0.5, 0.6) is 0 Å². The molecule has 2 nitrogen and oxygen atoms in total. The van der Waals surface area contributed by atoms with Gasteiger partial charge in [0, 0.05) is 18.4 Å². The average Bonchev–Trinajstić information content (AvgIpc) is 2.54. The van der Waals surface area contributed by atoms with Gasteiger partial charge in [-0.25, -0.2) is 8.78 Å². The first-order valence-corrected chi connectivity index (χ1v) is 6.98. The number of hydrogen-bond donors (Lipinski definition) is 0. The lowest BCUT2D eigenvalue weighted by Crippen LogP contribution is -2.42. The Kier molecular flexibility index (Phi) is 4.72. The largest absolute Gasteiger partial charge is 0.406 e. The Morgan fingerprint density at radius 1 is 1.23 bits per heavy atom. The highest BCUT2D eigenvalue weighted by Gasteiger charge is 2.38. The van der Waals surface area contributed by atoms with Crippen molar-refractivity contribution in [2.75, 3.05) is 13.1 Å². The van der Waals surface area contributed by atoms with Crippen LogP contribution in [0.25, 0.3) is 0 Å². The van der Waals surface area contributed by atoms with E-state index in [-0.39, 0.29) is 12.1 Å². The minimum Gasteiger partial charge on any atom is -0.333 e. The number of halogens is 5. The van der Waals surface area contributed by atoms with Crippen LogP contribution in [-0.2, 0) is 4.79 Å². The number of rotatable bonds is 2. The summed E-state index contributed by atoms with van der Waals surface area (Å²) >= 11 is 0. The van der Waals surface area contributed by atoms with Crippen LogP contribution < -0.4 is 0 Å². The van der Waals surface area contributed by atoms with Crippen molar-refractivity contribution in [1.29, 1.82) is 0 Å². The van der Waals surface area contributed by atoms with Crippen molar-refractivity contribution in [3.8, 4) is 0 Å². The molecular weight excluding hydrogens is 305 g/mol. The maximum Gasteiger partial charge on any atom is 0.406 e. The summed E-state index contributed by atoms with van der Waals surface area (Å²) in [6.07, 6.45) is -3.85. The molecule has 1 saturated heterocycles. The second kappa shape index (κ2) is 6.22. The van der Waals surface area contributed by atoms with Gasteiger partial charge in [-0.3, -0.25) is 4.79 Å². The summed E-state index contributed by atoms with van der Waals surface area (Å²) in [4.78, 5) is 12.7.